The van der Waals surface area contributed by atoms with Gasteiger partial charge in [-0.2, -0.15) is 0 Å². The van der Waals surface area contributed by atoms with E-state index < -0.39 is 11.9 Å². The Morgan fingerprint density at radius 2 is 1.88 bits per heavy atom. The molecule has 5 rings (SSSR count). The summed E-state index contributed by atoms with van der Waals surface area (Å²) in [5, 5.41) is 7.82. The van der Waals surface area contributed by atoms with Gasteiger partial charge >= 0.3 is 5.97 Å². The van der Waals surface area contributed by atoms with Crippen LogP contribution in [-0.2, 0) is 17.7 Å². The molecule has 3 heterocycles. The zero-order valence-electron chi connectivity index (χ0n) is 23.7. The van der Waals surface area contributed by atoms with E-state index in [1.165, 1.54) is 13.2 Å². The summed E-state index contributed by atoms with van der Waals surface area (Å²) in [6.07, 6.45) is 1.48. The topological polar surface area (TPSA) is 133 Å². The third-order valence-electron chi connectivity index (χ3n) is 7.09. The van der Waals surface area contributed by atoms with Crippen molar-refractivity contribution in [3.63, 3.8) is 0 Å². The molecule has 0 saturated heterocycles. The van der Waals surface area contributed by atoms with Crippen molar-refractivity contribution in [3.05, 3.63) is 87.6 Å². The molecule has 2 aromatic carbocycles. The predicted octanol–water partition coefficient (Wildman–Crippen LogP) is 5.36. The SMILES string of the molecule is CCCNC(=O)c1ccc(-c2cc3c(cc2C(=O)Nc2ccc(CN)cc2C)-c2sccc2CCO3)c(C(=O)OC)n1. The minimum Gasteiger partial charge on any atom is -0.493 e. The van der Waals surface area contributed by atoms with Crippen molar-refractivity contribution in [1.29, 1.82) is 0 Å². The van der Waals surface area contributed by atoms with Crippen molar-refractivity contribution in [2.75, 3.05) is 25.6 Å². The van der Waals surface area contributed by atoms with E-state index in [9.17, 15) is 14.4 Å². The normalized spacial score (nSPS) is 11.9. The van der Waals surface area contributed by atoms with E-state index in [4.69, 9.17) is 15.2 Å². The minimum absolute atomic E-state index is 0.0726. The molecule has 0 aliphatic carbocycles. The highest BCUT2D eigenvalue weighted by molar-refractivity contribution is 7.13. The molecule has 42 heavy (non-hydrogen) atoms. The fraction of sp³-hybridized carbons (Fsp3) is 0.250. The van der Waals surface area contributed by atoms with Crippen LogP contribution in [0.5, 0.6) is 5.75 Å². The number of carbonyl (C=O) groups is 3. The number of hydrogen-bond donors (Lipinski definition) is 3. The quantitative estimate of drug-likeness (QED) is 0.238. The van der Waals surface area contributed by atoms with Gasteiger partial charge in [-0.1, -0.05) is 19.1 Å². The first-order chi connectivity index (χ1) is 20.3. The number of nitrogens with one attached hydrogen (secondary N) is 2. The summed E-state index contributed by atoms with van der Waals surface area (Å²) in [6, 6.07) is 14.4. The predicted molar refractivity (Wildman–Crippen MR) is 163 cm³/mol. The lowest BCUT2D eigenvalue weighted by atomic mass is 9.93. The monoisotopic (exact) mass is 584 g/mol. The molecule has 216 valence electrons. The number of thiophene rings is 1. The molecule has 4 N–H and O–H groups in total. The van der Waals surface area contributed by atoms with Crippen molar-refractivity contribution in [1.82, 2.24) is 10.3 Å². The van der Waals surface area contributed by atoms with Crippen molar-refractivity contribution in [3.8, 4) is 27.3 Å². The number of methoxy groups -OCH3 is 1. The van der Waals surface area contributed by atoms with Crippen LogP contribution in [0.4, 0.5) is 5.69 Å². The second-order valence-corrected chi connectivity index (χ2v) is 10.8. The molecule has 0 saturated carbocycles. The van der Waals surface area contributed by atoms with E-state index in [-0.39, 0.29) is 17.3 Å². The van der Waals surface area contributed by atoms with Crippen molar-refractivity contribution >= 4 is 34.8 Å². The van der Waals surface area contributed by atoms with Crippen LogP contribution in [0.3, 0.4) is 0 Å². The Kier molecular flexibility index (Phi) is 8.65. The fourth-order valence-corrected chi connectivity index (χ4v) is 5.87. The number of amides is 2. The van der Waals surface area contributed by atoms with Gasteiger partial charge in [-0.15, -0.1) is 11.3 Å². The molecule has 0 atom stereocenters. The number of anilines is 1. The molecule has 10 heteroatoms. The molecule has 0 fully saturated rings. The number of hydrogen-bond acceptors (Lipinski definition) is 8. The van der Waals surface area contributed by atoms with Gasteiger partial charge in [0.2, 0.25) is 0 Å². The molecule has 4 aromatic rings. The maximum Gasteiger partial charge on any atom is 0.357 e. The molecule has 2 amide bonds. The largest absolute Gasteiger partial charge is 0.493 e. The average Bonchev–Trinajstić information content (AvgIpc) is 3.41. The van der Waals surface area contributed by atoms with Gasteiger partial charge in [0.1, 0.15) is 11.4 Å². The molecule has 0 spiro atoms. The van der Waals surface area contributed by atoms with Crippen LogP contribution >= 0.6 is 11.3 Å². The summed E-state index contributed by atoms with van der Waals surface area (Å²) in [4.78, 5) is 45.1. The zero-order valence-corrected chi connectivity index (χ0v) is 24.5. The summed E-state index contributed by atoms with van der Waals surface area (Å²) < 4.78 is 11.2. The lowest BCUT2D eigenvalue weighted by Gasteiger charge is -2.18. The number of nitrogens with zero attached hydrogens (tertiary/aromatic N) is 1. The number of esters is 1. The third kappa shape index (κ3) is 5.77. The number of nitrogens with two attached hydrogens (primary N) is 1. The Balaban J connectivity index is 1.68. The summed E-state index contributed by atoms with van der Waals surface area (Å²) >= 11 is 1.58. The van der Waals surface area contributed by atoms with Crippen molar-refractivity contribution in [2.24, 2.45) is 5.73 Å². The van der Waals surface area contributed by atoms with Crippen LogP contribution in [0.1, 0.15) is 61.4 Å². The second kappa shape index (κ2) is 12.5. The smallest absolute Gasteiger partial charge is 0.357 e. The molecular weight excluding hydrogens is 552 g/mol. The zero-order chi connectivity index (χ0) is 29.8. The van der Waals surface area contributed by atoms with Gasteiger partial charge < -0.3 is 25.8 Å². The maximum atomic E-state index is 14.0. The van der Waals surface area contributed by atoms with Gasteiger partial charge in [0.25, 0.3) is 11.8 Å². The number of fused-ring (bicyclic) bond motifs is 3. The average molecular weight is 585 g/mol. The Morgan fingerprint density at radius 3 is 2.62 bits per heavy atom. The first kappa shape index (κ1) is 29.0. The highest BCUT2D eigenvalue weighted by Crippen LogP contribution is 2.43. The molecule has 1 aliphatic rings. The molecule has 1 aliphatic heterocycles. The fourth-order valence-electron chi connectivity index (χ4n) is 4.89. The summed E-state index contributed by atoms with van der Waals surface area (Å²) in [7, 11) is 1.25. The molecular formula is C32H32N4O5S. The van der Waals surface area contributed by atoms with Crippen LogP contribution in [0.2, 0.25) is 0 Å². The number of aryl methyl sites for hydroxylation is 1. The molecule has 0 radical (unpaired) electrons. The Morgan fingerprint density at radius 1 is 1.05 bits per heavy atom. The highest BCUT2D eigenvalue weighted by atomic mass is 32.1. The number of carbonyl (C=O) groups excluding carboxylic acids is 3. The van der Waals surface area contributed by atoms with Gasteiger partial charge in [0, 0.05) is 52.3 Å². The van der Waals surface area contributed by atoms with Gasteiger partial charge in [-0.3, -0.25) is 9.59 Å². The van der Waals surface area contributed by atoms with E-state index in [0.717, 1.165) is 40.0 Å². The number of pyridine rings is 1. The van der Waals surface area contributed by atoms with Gasteiger partial charge in [0.15, 0.2) is 5.69 Å². The molecule has 2 aromatic heterocycles. The Labute approximate surface area is 248 Å². The van der Waals surface area contributed by atoms with Crippen LogP contribution < -0.4 is 21.1 Å². The number of benzene rings is 2. The van der Waals surface area contributed by atoms with E-state index in [1.807, 2.05) is 37.4 Å². The summed E-state index contributed by atoms with van der Waals surface area (Å²) in [6.45, 7) is 5.17. The maximum absolute atomic E-state index is 14.0. The van der Waals surface area contributed by atoms with Gasteiger partial charge in [0.05, 0.1) is 13.7 Å². The lowest BCUT2D eigenvalue weighted by molar-refractivity contribution is 0.0594. The summed E-state index contributed by atoms with van der Waals surface area (Å²) in [5.41, 5.74) is 11.3. The van der Waals surface area contributed by atoms with E-state index in [0.29, 0.717) is 47.8 Å². The van der Waals surface area contributed by atoms with E-state index in [2.05, 4.69) is 21.7 Å². The minimum atomic E-state index is -0.730. The Hall–Kier alpha value is -4.54. The molecule has 0 unspecified atom stereocenters. The van der Waals surface area contributed by atoms with Crippen molar-refractivity contribution < 1.29 is 23.9 Å². The Bertz CT molecular complexity index is 1680. The standard InChI is InChI=1S/C32H32N4O5S/c1-4-11-34-31(38)26-8-6-21(28(35-26)32(39)40-3)22-16-27-24(29-20(9-12-41-27)10-13-42-29)15-23(22)30(37)36-25-7-5-19(17-33)14-18(25)2/h5-8,10,13-16H,4,9,11-12,17,33H2,1-3H3,(H,34,38)(H,36,37). The summed E-state index contributed by atoms with van der Waals surface area (Å²) in [5.74, 6) is -0.921. The first-order valence-electron chi connectivity index (χ1n) is 13.7. The van der Waals surface area contributed by atoms with Gasteiger partial charge in [-0.25, -0.2) is 9.78 Å². The van der Waals surface area contributed by atoms with E-state index in [1.54, 1.807) is 29.5 Å². The van der Waals surface area contributed by atoms with Gasteiger partial charge in [-0.05, 0) is 71.8 Å². The van der Waals surface area contributed by atoms with Crippen molar-refractivity contribution in [2.45, 2.75) is 33.2 Å². The number of aromatic nitrogens is 1. The molecule has 9 nitrogen and oxygen atoms in total. The van der Waals surface area contributed by atoms with Crippen LogP contribution in [0.15, 0.2) is 53.9 Å². The first-order valence-corrected chi connectivity index (χ1v) is 14.6. The van der Waals surface area contributed by atoms with E-state index >= 15 is 0 Å². The second-order valence-electron chi connectivity index (χ2n) is 9.92. The number of rotatable bonds is 8. The van der Waals surface area contributed by atoms with Crippen LogP contribution in [0, 0.1) is 6.92 Å². The van der Waals surface area contributed by atoms with Crippen LogP contribution in [-0.4, -0.2) is 43.0 Å². The number of ether oxygens (including phenoxy) is 2. The third-order valence-corrected chi connectivity index (χ3v) is 8.08. The molecule has 0 bridgehead atoms. The lowest BCUT2D eigenvalue weighted by Crippen LogP contribution is -2.26. The van der Waals surface area contributed by atoms with Crippen LogP contribution in [0.25, 0.3) is 21.6 Å². The highest BCUT2D eigenvalue weighted by Gasteiger charge is 2.27.